The van der Waals surface area contributed by atoms with Crippen LogP contribution < -0.4 is 5.32 Å². The Morgan fingerprint density at radius 3 is 2.50 bits per heavy atom. The minimum absolute atomic E-state index is 0.292. The molecule has 1 amide bonds. The number of nitriles is 1. The molecular weight excluding hydrogens is 245 g/mol. The minimum atomic E-state index is -1.71. The van der Waals surface area contributed by atoms with Gasteiger partial charge in [0.25, 0.3) is 5.91 Å². The zero-order valence-electron chi connectivity index (χ0n) is 9.85. The van der Waals surface area contributed by atoms with Crippen LogP contribution in [0.1, 0.15) is 30.6 Å². The minimum Gasteiger partial charge on any atom is -0.334 e. The smallest absolute Gasteiger partial charge is 0.255 e. The monoisotopic (exact) mass is 256 g/mol. The lowest BCUT2D eigenvalue weighted by Crippen LogP contribution is -2.44. The van der Waals surface area contributed by atoms with Crippen LogP contribution in [0.25, 0.3) is 0 Å². The number of hydrogen-bond donors (Lipinski definition) is 1. The van der Waals surface area contributed by atoms with Crippen LogP contribution in [0.2, 0.25) is 0 Å². The van der Waals surface area contributed by atoms with Crippen molar-refractivity contribution in [3.05, 3.63) is 35.1 Å². The Hall–Kier alpha value is -2.03. The van der Waals surface area contributed by atoms with Crippen molar-refractivity contribution in [2.45, 2.75) is 25.8 Å². The lowest BCUT2D eigenvalue weighted by atomic mass is 10.0. The van der Waals surface area contributed by atoms with Crippen molar-refractivity contribution >= 4 is 5.91 Å². The van der Waals surface area contributed by atoms with Crippen LogP contribution in [-0.2, 0) is 0 Å². The van der Waals surface area contributed by atoms with Gasteiger partial charge in [0.05, 0.1) is 11.6 Å². The second kappa shape index (κ2) is 5.08. The molecule has 18 heavy (non-hydrogen) atoms. The molecule has 1 atom stereocenters. The van der Waals surface area contributed by atoms with Crippen LogP contribution in [0, 0.1) is 28.8 Å². The maximum Gasteiger partial charge on any atom is 0.255 e. The van der Waals surface area contributed by atoms with Crippen LogP contribution >= 0.6 is 0 Å². The van der Waals surface area contributed by atoms with Gasteiger partial charge in [0, 0.05) is 0 Å². The molecule has 1 aromatic carbocycles. The first-order chi connectivity index (χ1) is 8.34. The highest BCUT2D eigenvalue weighted by Gasteiger charge is 2.27. The fourth-order valence-corrected chi connectivity index (χ4v) is 1.21. The first-order valence-electron chi connectivity index (χ1n) is 5.22. The van der Waals surface area contributed by atoms with Gasteiger partial charge in [0.2, 0.25) is 0 Å². The van der Waals surface area contributed by atoms with Gasteiger partial charge in [-0.2, -0.15) is 5.26 Å². The van der Waals surface area contributed by atoms with E-state index in [1.54, 1.807) is 6.92 Å². The molecule has 96 valence electrons. The van der Waals surface area contributed by atoms with Gasteiger partial charge in [-0.05, 0) is 25.5 Å². The molecule has 0 fully saturated rings. The maximum atomic E-state index is 13.3. The molecule has 1 rings (SSSR count). The highest BCUT2D eigenvalue weighted by Crippen LogP contribution is 2.16. The molecule has 6 heteroatoms. The number of carbonyl (C=O) groups excluding carboxylic acids is 1. The van der Waals surface area contributed by atoms with Crippen molar-refractivity contribution < 1.29 is 18.0 Å². The molecule has 0 aliphatic rings. The lowest BCUT2D eigenvalue weighted by Gasteiger charge is -2.21. The molecule has 1 unspecified atom stereocenters. The summed E-state index contributed by atoms with van der Waals surface area (Å²) < 4.78 is 39.0. The first-order valence-corrected chi connectivity index (χ1v) is 5.22. The van der Waals surface area contributed by atoms with E-state index in [1.807, 2.05) is 6.07 Å². The SMILES string of the molecule is CCC(C)(C#N)NC(=O)c1ccc(F)c(F)c1F. The number of nitrogens with zero attached hydrogens (tertiary/aromatic N) is 1. The summed E-state index contributed by atoms with van der Waals surface area (Å²) in [5.74, 6) is -5.61. The summed E-state index contributed by atoms with van der Waals surface area (Å²) in [7, 11) is 0. The van der Waals surface area contributed by atoms with Gasteiger partial charge >= 0.3 is 0 Å². The number of nitrogens with one attached hydrogen (secondary N) is 1. The summed E-state index contributed by atoms with van der Waals surface area (Å²) in [6.07, 6.45) is 0.292. The maximum absolute atomic E-state index is 13.3. The zero-order valence-corrected chi connectivity index (χ0v) is 9.85. The van der Waals surface area contributed by atoms with Crippen molar-refractivity contribution in [1.82, 2.24) is 5.32 Å². The second-order valence-electron chi connectivity index (χ2n) is 3.97. The van der Waals surface area contributed by atoms with Crippen LogP contribution in [-0.4, -0.2) is 11.4 Å². The summed E-state index contributed by atoms with van der Waals surface area (Å²) in [5, 5.41) is 11.1. The van der Waals surface area contributed by atoms with Crippen LogP contribution in [0.3, 0.4) is 0 Å². The molecule has 1 N–H and O–H groups in total. The third-order valence-corrected chi connectivity index (χ3v) is 2.62. The molecule has 0 aliphatic heterocycles. The van der Waals surface area contributed by atoms with E-state index < -0.39 is 34.5 Å². The van der Waals surface area contributed by atoms with Crippen molar-refractivity contribution in [2.24, 2.45) is 0 Å². The molecule has 0 radical (unpaired) electrons. The van der Waals surface area contributed by atoms with Crippen molar-refractivity contribution in [3.63, 3.8) is 0 Å². The number of hydrogen-bond acceptors (Lipinski definition) is 2. The topological polar surface area (TPSA) is 52.9 Å². The predicted octanol–water partition coefficient (Wildman–Crippen LogP) is 2.53. The number of halogens is 3. The Balaban J connectivity index is 3.07. The lowest BCUT2D eigenvalue weighted by molar-refractivity contribution is 0.0917. The Morgan fingerprint density at radius 2 is 2.00 bits per heavy atom. The van der Waals surface area contributed by atoms with Crippen LogP contribution in [0.5, 0.6) is 0 Å². The van der Waals surface area contributed by atoms with Crippen LogP contribution in [0.15, 0.2) is 12.1 Å². The largest absolute Gasteiger partial charge is 0.334 e. The average molecular weight is 256 g/mol. The van der Waals surface area contributed by atoms with E-state index in [0.717, 1.165) is 6.07 Å². The fraction of sp³-hybridized carbons (Fsp3) is 0.333. The standard InChI is InChI=1S/C12H11F3N2O/c1-3-12(2,6-16)17-11(18)7-4-5-8(13)10(15)9(7)14/h4-5H,3H2,1-2H3,(H,17,18). The Labute approximate surface area is 102 Å². The zero-order chi connectivity index (χ0) is 13.9. The van der Waals surface area contributed by atoms with E-state index in [9.17, 15) is 18.0 Å². The molecule has 0 saturated carbocycles. The normalized spacial score (nSPS) is 13.6. The molecule has 1 aromatic rings. The summed E-state index contributed by atoms with van der Waals surface area (Å²) >= 11 is 0. The van der Waals surface area contributed by atoms with Crippen molar-refractivity contribution in [2.75, 3.05) is 0 Å². The van der Waals surface area contributed by atoms with Gasteiger partial charge in [-0.3, -0.25) is 4.79 Å². The summed E-state index contributed by atoms with van der Waals surface area (Å²) in [4.78, 5) is 11.7. The van der Waals surface area contributed by atoms with E-state index in [4.69, 9.17) is 5.26 Å². The Kier molecular flexibility index (Phi) is 3.96. The molecular formula is C12H11F3N2O. The number of benzene rings is 1. The van der Waals surface area contributed by atoms with Crippen LogP contribution in [0.4, 0.5) is 13.2 Å². The molecule has 0 heterocycles. The quantitative estimate of drug-likeness (QED) is 0.845. The van der Waals surface area contributed by atoms with Crippen molar-refractivity contribution in [1.29, 1.82) is 5.26 Å². The third kappa shape index (κ3) is 2.62. The highest BCUT2D eigenvalue weighted by molar-refractivity contribution is 5.95. The Bertz CT molecular complexity index is 525. The van der Waals surface area contributed by atoms with E-state index in [0.29, 0.717) is 12.5 Å². The molecule has 0 bridgehead atoms. The van der Waals surface area contributed by atoms with E-state index in [-0.39, 0.29) is 0 Å². The molecule has 0 saturated heterocycles. The molecule has 0 aliphatic carbocycles. The summed E-state index contributed by atoms with van der Waals surface area (Å²) in [6.45, 7) is 3.10. The van der Waals surface area contributed by atoms with Gasteiger partial charge < -0.3 is 5.32 Å². The molecule has 0 spiro atoms. The molecule has 0 aromatic heterocycles. The number of rotatable bonds is 3. The number of carbonyl (C=O) groups is 1. The van der Waals surface area contributed by atoms with Gasteiger partial charge in [0.15, 0.2) is 17.5 Å². The van der Waals surface area contributed by atoms with Gasteiger partial charge in [-0.1, -0.05) is 6.92 Å². The van der Waals surface area contributed by atoms with Gasteiger partial charge in [-0.15, -0.1) is 0 Å². The average Bonchev–Trinajstić information content (AvgIpc) is 2.35. The van der Waals surface area contributed by atoms with E-state index in [2.05, 4.69) is 5.32 Å². The number of amides is 1. The fourth-order valence-electron chi connectivity index (χ4n) is 1.21. The van der Waals surface area contributed by atoms with Crippen molar-refractivity contribution in [3.8, 4) is 6.07 Å². The van der Waals surface area contributed by atoms with E-state index >= 15 is 0 Å². The third-order valence-electron chi connectivity index (χ3n) is 2.62. The van der Waals surface area contributed by atoms with Gasteiger partial charge in [-0.25, -0.2) is 13.2 Å². The highest BCUT2D eigenvalue weighted by atomic mass is 19.2. The Morgan fingerprint density at radius 1 is 1.39 bits per heavy atom. The second-order valence-corrected chi connectivity index (χ2v) is 3.97. The first kappa shape index (κ1) is 14.0. The van der Waals surface area contributed by atoms with Gasteiger partial charge in [0.1, 0.15) is 5.54 Å². The predicted molar refractivity (Wildman–Crippen MR) is 58.1 cm³/mol. The molecule has 3 nitrogen and oxygen atoms in total. The summed E-state index contributed by atoms with van der Waals surface area (Å²) in [5.41, 5.74) is -1.82. The van der Waals surface area contributed by atoms with E-state index in [1.165, 1.54) is 6.92 Å². The summed E-state index contributed by atoms with van der Waals surface area (Å²) in [6, 6.07) is 3.34.